The van der Waals surface area contributed by atoms with E-state index in [4.69, 9.17) is 4.74 Å². The number of hydrogen-bond acceptors (Lipinski definition) is 4. The molecule has 106 valence electrons. The molecule has 1 aromatic carbocycles. The van der Waals surface area contributed by atoms with Gasteiger partial charge >= 0.3 is 5.69 Å². The van der Waals surface area contributed by atoms with Crippen LogP contribution < -0.4 is 16.0 Å². The summed E-state index contributed by atoms with van der Waals surface area (Å²) in [6.45, 7) is 1.62. The molecule has 2 heterocycles. The first-order valence-electron chi connectivity index (χ1n) is 6.61. The van der Waals surface area contributed by atoms with Crippen molar-refractivity contribution in [2.45, 2.75) is 12.5 Å². The zero-order chi connectivity index (χ0) is 14.3. The number of H-pyrrole nitrogens is 1. The van der Waals surface area contributed by atoms with Gasteiger partial charge in [-0.3, -0.25) is 9.36 Å². The SMILES string of the molecule is COc1ccc2[nH]c(=O)n(C3CCN(C)C3)c(=O)c2c1. The van der Waals surface area contributed by atoms with Crippen LogP contribution in [0, 0.1) is 0 Å². The molecule has 1 aliphatic heterocycles. The molecular weight excluding hydrogens is 258 g/mol. The Morgan fingerprint density at radius 3 is 2.80 bits per heavy atom. The van der Waals surface area contributed by atoms with Crippen LogP contribution in [-0.2, 0) is 0 Å². The number of hydrogen-bond donors (Lipinski definition) is 1. The maximum absolute atomic E-state index is 12.6. The van der Waals surface area contributed by atoms with Gasteiger partial charge in [0.15, 0.2) is 0 Å². The van der Waals surface area contributed by atoms with Crippen LogP contribution in [0.5, 0.6) is 5.75 Å². The predicted molar refractivity (Wildman–Crippen MR) is 76.5 cm³/mol. The average Bonchev–Trinajstić information content (AvgIpc) is 2.85. The standard InChI is InChI=1S/C14H17N3O3/c1-16-6-5-9(8-16)17-13(18)11-7-10(20-2)3-4-12(11)15-14(17)19/h3-4,7,9H,5-6,8H2,1-2H3,(H,15,19). The number of nitrogens with one attached hydrogen (secondary N) is 1. The fourth-order valence-corrected chi connectivity index (χ4v) is 2.79. The molecule has 0 radical (unpaired) electrons. The lowest BCUT2D eigenvalue weighted by Crippen LogP contribution is -2.38. The maximum Gasteiger partial charge on any atom is 0.329 e. The number of nitrogens with zero attached hydrogens (tertiary/aromatic N) is 2. The number of methoxy groups -OCH3 is 1. The summed E-state index contributed by atoms with van der Waals surface area (Å²) >= 11 is 0. The first-order valence-corrected chi connectivity index (χ1v) is 6.61. The Kier molecular flexibility index (Phi) is 3.10. The molecule has 1 aliphatic rings. The third-order valence-electron chi connectivity index (χ3n) is 3.87. The number of likely N-dealkylation sites (tertiary alicyclic amines) is 1. The van der Waals surface area contributed by atoms with Crippen molar-refractivity contribution in [1.29, 1.82) is 0 Å². The summed E-state index contributed by atoms with van der Waals surface area (Å²) in [6, 6.07) is 5.03. The Balaban J connectivity index is 2.22. The Morgan fingerprint density at radius 2 is 2.15 bits per heavy atom. The Bertz CT molecular complexity index is 762. The number of aromatic nitrogens is 2. The smallest absolute Gasteiger partial charge is 0.329 e. The molecule has 1 atom stereocenters. The highest BCUT2D eigenvalue weighted by molar-refractivity contribution is 5.78. The van der Waals surface area contributed by atoms with E-state index in [2.05, 4.69) is 9.88 Å². The second-order valence-corrected chi connectivity index (χ2v) is 5.22. The van der Waals surface area contributed by atoms with Crippen molar-refractivity contribution in [3.63, 3.8) is 0 Å². The van der Waals surface area contributed by atoms with E-state index in [-0.39, 0.29) is 17.3 Å². The fourth-order valence-electron chi connectivity index (χ4n) is 2.79. The summed E-state index contributed by atoms with van der Waals surface area (Å²) in [5.41, 5.74) is -0.0423. The van der Waals surface area contributed by atoms with Gasteiger partial charge in [0.1, 0.15) is 5.75 Å². The molecule has 6 heteroatoms. The van der Waals surface area contributed by atoms with Crippen LogP contribution in [0.1, 0.15) is 12.5 Å². The number of ether oxygens (including phenoxy) is 1. The van der Waals surface area contributed by atoms with Crippen LogP contribution in [0.2, 0.25) is 0 Å². The molecule has 1 unspecified atom stereocenters. The van der Waals surface area contributed by atoms with Gasteiger partial charge in [0.05, 0.1) is 24.1 Å². The molecule has 0 aliphatic carbocycles. The topological polar surface area (TPSA) is 67.3 Å². The van der Waals surface area contributed by atoms with Crippen molar-refractivity contribution >= 4 is 10.9 Å². The van der Waals surface area contributed by atoms with E-state index in [1.165, 1.54) is 4.57 Å². The van der Waals surface area contributed by atoms with Gasteiger partial charge in [-0.15, -0.1) is 0 Å². The fraction of sp³-hybridized carbons (Fsp3) is 0.429. The molecule has 6 nitrogen and oxygen atoms in total. The van der Waals surface area contributed by atoms with Gasteiger partial charge in [-0.25, -0.2) is 4.79 Å². The predicted octanol–water partition coefficient (Wildman–Crippen LogP) is 0.575. The molecule has 0 bridgehead atoms. The number of likely N-dealkylation sites (N-methyl/N-ethyl adjacent to an activating group) is 1. The molecule has 0 spiro atoms. The summed E-state index contributed by atoms with van der Waals surface area (Å²) in [5.74, 6) is 0.608. The molecule has 0 saturated carbocycles. The van der Waals surface area contributed by atoms with Gasteiger partial charge in [-0.2, -0.15) is 0 Å². The highest BCUT2D eigenvalue weighted by Gasteiger charge is 2.24. The lowest BCUT2D eigenvalue weighted by Gasteiger charge is -2.14. The minimum Gasteiger partial charge on any atom is -0.497 e. The monoisotopic (exact) mass is 275 g/mol. The second kappa shape index (κ2) is 4.79. The Labute approximate surface area is 115 Å². The third kappa shape index (κ3) is 2.02. The number of aromatic amines is 1. The van der Waals surface area contributed by atoms with Crippen LogP contribution >= 0.6 is 0 Å². The van der Waals surface area contributed by atoms with E-state index >= 15 is 0 Å². The molecule has 1 N–H and O–H groups in total. The first kappa shape index (κ1) is 12.9. The molecule has 0 amide bonds. The number of rotatable bonds is 2. The van der Waals surface area contributed by atoms with Crippen LogP contribution in [-0.4, -0.2) is 41.7 Å². The van der Waals surface area contributed by atoms with Gasteiger partial charge in [0, 0.05) is 6.54 Å². The Hall–Kier alpha value is -2.08. The molecule has 1 aromatic heterocycles. The molecule has 1 saturated heterocycles. The zero-order valence-corrected chi connectivity index (χ0v) is 11.5. The molecule has 3 rings (SSSR count). The highest BCUT2D eigenvalue weighted by Crippen LogP contribution is 2.19. The number of benzene rings is 1. The van der Waals surface area contributed by atoms with E-state index in [1.54, 1.807) is 25.3 Å². The largest absolute Gasteiger partial charge is 0.497 e. The number of fused-ring (bicyclic) bond motifs is 1. The van der Waals surface area contributed by atoms with Crippen molar-refractivity contribution in [1.82, 2.24) is 14.5 Å². The minimum atomic E-state index is -0.340. The van der Waals surface area contributed by atoms with Gasteiger partial charge in [0.25, 0.3) is 5.56 Å². The van der Waals surface area contributed by atoms with Gasteiger partial charge in [0.2, 0.25) is 0 Å². The maximum atomic E-state index is 12.6. The second-order valence-electron chi connectivity index (χ2n) is 5.22. The van der Waals surface area contributed by atoms with Crippen molar-refractivity contribution in [2.24, 2.45) is 0 Å². The lowest BCUT2D eigenvalue weighted by atomic mass is 10.2. The van der Waals surface area contributed by atoms with Gasteiger partial charge in [-0.1, -0.05) is 0 Å². The van der Waals surface area contributed by atoms with Crippen molar-refractivity contribution in [3.05, 3.63) is 39.0 Å². The summed E-state index contributed by atoms with van der Waals surface area (Å²) in [5, 5.41) is 0.485. The van der Waals surface area contributed by atoms with E-state index in [9.17, 15) is 9.59 Å². The van der Waals surface area contributed by atoms with Crippen LogP contribution in [0.25, 0.3) is 10.9 Å². The normalized spacial score (nSPS) is 19.6. The van der Waals surface area contributed by atoms with Crippen LogP contribution in [0.15, 0.2) is 27.8 Å². The van der Waals surface area contributed by atoms with Crippen molar-refractivity contribution < 1.29 is 4.74 Å². The first-order chi connectivity index (χ1) is 9.60. The summed E-state index contributed by atoms with van der Waals surface area (Å²) in [6.07, 6.45) is 0.814. The van der Waals surface area contributed by atoms with Crippen molar-refractivity contribution in [3.8, 4) is 5.75 Å². The highest BCUT2D eigenvalue weighted by atomic mass is 16.5. The lowest BCUT2D eigenvalue weighted by molar-refractivity contribution is 0.386. The zero-order valence-electron chi connectivity index (χ0n) is 11.5. The summed E-state index contributed by atoms with van der Waals surface area (Å²) in [7, 11) is 3.54. The van der Waals surface area contributed by atoms with Crippen LogP contribution in [0.3, 0.4) is 0 Å². The quantitative estimate of drug-likeness (QED) is 0.870. The molecule has 1 fully saturated rings. The van der Waals surface area contributed by atoms with E-state index in [1.807, 2.05) is 7.05 Å². The molecular formula is C14H17N3O3. The van der Waals surface area contributed by atoms with E-state index in [0.717, 1.165) is 19.5 Å². The van der Waals surface area contributed by atoms with Gasteiger partial charge < -0.3 is 14.6 Å². The van der Waals surface area contributed by atoms with E-state index < -0.39 is 0 Å². The minimum absolute atomic E-state index is 0.0631. The van der Waals surface area contributed by atoms with Crippen molar-refractivity contribution in [2.75, 3.05) is 27.2 Å². The average molecular weight is 275 g/mol. The summed E-state index contributed by atoms with van der Waals surface area (Å²) in [4.78, 5) is 29.6. The third-order valence-corrected chi connectivity index (χ3v) is 3.87. The molecule has 20 heavy (non-hydrogen) atoms. The molecule has 2 aromatic rings. The Morgan fingerprint density at radius 1 is 1.35 bits per heavy atom. The summed E-state index contributed by atoms with van der Waals surface area (Å²) < 4.78 is 6.48. The van der Waals surface area contributed by atoms with Gasteiger partial charge in [-0.05, 0) is 38.2 Å². The van der Waals surface area contributed by atoms with Crippen LogP contribution in [0.4, 0.5) is 0 Å². The van der Waals surface area contributed by atoms with E-state index in [0.29, 0.717) is 16.7 Å².